The molecule has 0 aliphatic carbocycles. The molecule has 1 aromatic rings. The molecule has 0 heterocycles. The van der Waals surface area contributed by atoms with Crippen LogP contribution in [-0.4, -0.2) is 11.4 Å². The maximum absolute atomic E-state index is 10.3. The number of carbonyl (C=O) groups excluding carboxylic acids is 1. The number of rotatable bonds is 2. The monoisotopic (exact) mass is 160 g/mol. The zero-order chi connectivity index (χ0) is 8.97. The van der Waals surface area contributed by atoms with Crippen LogP contribution < -0.4 is 0 Å². The van der Waals surface area contributed by atoms with Gasteiger partial charge >= 0.3 is 0 Å². The highest BCUT2D eigenvalue weighted by Gasteiger charge is 2.01. The van der Waals surface area contributed by atoms with Crippen molar-refractivity contribution in [3.63, 3.8) is 0 Å². The van der Waals surface area contributed by atoms with Gasteiger partial charge in [0.2, 0.25) is 0 Å². The fraction of sp³-hybridized carbons (Fsp3) is 0.100. The molecule has 60 valence electrons. The normalized spacial score (nSPS) is 11.7. The smallest absolute Gasteiger partial charge is 0.150 e. The number of terminal acetylenes is 1. The summed E-state index contributed by atoms with van der Waals surface area (Å²) in [5.74, 6) is 2.19. The number of aldehydes is 1. The Morgan fingerprint density at radius 2 is 2.00 bits per heavy atom. The Kier molecular flexibility index (Phi) is 2.62. The van der Waals surface area contributed by atoms with Gasteiger partial charge < -0.3 is 5.11 Å². The summed E-state index contributed by atoms with van der Waals surface area (Å²) in [6.07, 6.45) is 4.86. The third kappa shape index (κ3) is 1.71. The SMILES string of the molecule is C#CC(O)c1ccc(C=O)cc1. The Morgan fingerprint density at radius 3 is 2.42 bits per heavy atom. The van der Waals surface area contributed by atoms with Crippen LogP contribution in [0.15, 0.2) is 24.3 Å². The van der Waals surface area contributed by atoms with Gasteiger partial charge in [-0.2, -0.15) is 0 Å². The van der Waals surface area contributed by atoms with Gasteiger partial charge in [-0.3, -0.25) is 4.79 Å². The molecule has 12 heavy (non-hydrogen) atoms. The molecule has 1 unspecified atom stereocenters. The molecule has 0 spiro atoms. The number of carbonyl (C=O) groups is 1. The van der Waals surface area contributed by atoms with Crippen LogP contribution in [0.5, 0.6) is 0 Å². The molecule has 0 aliphatic heterocycles. The molecule has 0 amide bonds. The fourth-order valence-corrected chi connectivity index (χ4v) is 0.853. The third-order valence-electron chi connectivity index (χ3n) is 1.55. The highest BCUT2D eigenvalue weighted by molar-refractivity contribution is 5.74. The van der Waals surface area contributed by atoms with E-state index in [2.05, 4.69) is 5.92 Å². The molecule has 1 rings (SSSR count). The van der Waals surface area contributed by atoms with Crippen LogP contribution in [0.1, 0.15) is 22.0 Å². The van der Waals surface area contributed by atoms with Gasteiger partial charge in [-0.05, 0) is 5.56 Å². The number of hydrogen-bond acceptors (Lipinski definition) is 2. The van der Waals surface area contributed by atoms with Gasteiger partial charge in [0.15, 0.2) is 0 Å². The molecule has 0 saturated carbocycles. The molecule has 0 saturated heterocycles. The lowest BCUT2D eigenvalue weighted by Crippen LogP contribution is -1.92. The largest absolute Gasteiger partial charge is 0.376 e. The molecule has 1 atom stereocenters. The highest BCUT2D eigenvalue weighted by Crippen LogP contribution is 2.11. The standard InChI is InChI=1S/C10H8O2/c1-2-10(12)9-5-3-8(7-11)4-6-9/h1,3-7,10,12H. The van der Waals surface area contributed by atoms with Crippen molar-refractivity contribution < 1.29 is 9.90 Å². The van der Waals surface area contributed by atoms with Crippen molar-refractivity contribution >= 4 is 6.29 Å². The van der Waals surface area contributed by atoms with Crippen LogP contribution in [0.4, 0.5) is 0 Å². The van der Waals surface area contributed by atoms with Crippen molar-refractivity contribution in [3.8, 4) is 12.3 Å². The predicted octanol–water partition coefficient (Wildman–Crippen LogP) is 1.17. The van der Waals surface area contributed by atoms with Crippen LogP contribution >= 0.6 is 0 Å². The van der Waals surface area contributed by atoms with Crippen LogP contribution in [0.2, 0.25) is 0 Å². The average Bonchev–Trinajstić information content (AvgIpc) is 2.17. The van der Waals surface area contributed by atoms with Crippen molar-refractivity contribution in [1.29, 1.82) is 0 Å². The summed E-state index contributed by atoms with van der Waals surface area (Å²) >= 11 is 0. The number of benzene rings is 1. The topological polar surface area (TPSA) is 37.3 Å². The second kappa shape index (κ2) is 3.70. The van der Waals surface area contributed by atoms with Gasteiger partial charge in [-0.15, -0.1) is 6.42 Å². The summed E-state index contributed by atoms with van der Waals surface area (Å²) < 4.78 is 0. The average molecular weight is 160 g/mol. The lowest BCUT2D eigenvalue weighted by molar-refractivity contribution is 0.112. The Bertz CT molecular complexity index is 306. The molecule has 0 bridgehead atoms. The quantitative estimate of drug-likeness (QED) is 0.520. The van der Waals surface area contributed by atoms with E-state index >= 15 is 0 Å². The lowest BCUT2D eigenvalue weighted by atomic mass is 10.1. The van der Waals surface area contributed by atoms with Gasteiger partial charge in [0.05, 0.1) is 0 Å². The van der Waals surface area contributed by atoms with Crippen molar-refractivity contribution in [2.45, 2.75) is 6.10 Å². The summed E-state index contributed by atoms with van der Waals surface area (Å²) in [5.41, 5.74) is 1.20. The third-order valence-corrected chi connectivity index (χ3v) is 1.55. The molecule has 0 aliphatic rings. The Balaban J connectivity index is 2.93. The second-order valence-electron chi connectivity index (χ2n) is 2.35. The Morgan fingerprint density at radius 1 is 1.42 bits per heavy atom. The lowest BCUT2D eigenvalue weighted by Gasteiger charge is -2.02. The number of hydrogen-bond donors (Lipinski definition) is 1. The van der Waals surface area contributed by atoms with Gasteiger partial charge in [0, 0.05) is 5.56 Å². The highest BCUT2D eigenvalue weighted by atomic mass is 16.3. The first kappa shape index (κ1) is 8.51. The first-order valence-electron chi connectivity index (χ1n) is 3.47. The van der Waals surface area contributed by atoms with Crippen LogP contribution in [-0.2, 0) is 0 Å². The van der Waals surface area contributed by atoms with Gasteiger partial charge in [-0.1, -0.05) is 30.2 Å². The van der Waals surface area contributed by atoms with Crippen molar-refractivity contribution in [3.05, 3.63) is 35.4 Å². The van der Waals surface area contributed by atoms with Crippen molar-refractivity contribution in [2.75, 3.05) is 0 Å². The molecule has 2 nitrogen and oxygen atoms in total. The van der Waals surface area contributed by atoms with E-state index in [1.165, 1.54) is 0 Å². The van der Waals surface area contributed by atoms with E-state index < -0.39 is 6.10 Å². The van der Waals surface area contributed by atoms with E-state index in [4.69, 9.17) is 11.5 Å². The van der Waals surface area contributed by atoms with E-state index in [1.54, 1.807) is 24.3 Å². The minimum absolute atomic E-state index is 0.572. The minimum Gasteiger partial charge on any atom is -0.376 e. The number of aliphatic hydroxyl groups is 1. The zero-order valence-electron chi connectivity index (χ0n) is 6.40. The van der Waals surface area contributed by atoms with Gasteiger partial charge in [-0.25, -0.2) is 0 Å². The molecule has 1 aromatic carbocycles. The number of aliphatic hydroxyl groups excluding tert-OH is 1. The molecular formula is C10H8O2. The van der Waals surface area contributed by atoms with Gasteiger partial charge in [0.1, 0.15) is 12.4 Å². The summed E-state index contributed by atoms with van der Waals surface area (Å²) in [6, 6.07) is 6.49. The van der Waals surface area contributed by atoms with E-state index in [0.29, 0.717) is 11.1 Å². The molecule has 0 fully saturated rings. The summed E-state index contributed by atoms with van der Waals surface area (Å²) in [7, 11) is 0. The molecule has 2 heteroatoms. The predicted molar refractivity (Wildman–Crippen MR) is 45.6 cm³/mol. The Hall–Kier alpha value is -1.59. The maximum Gasteiger partial charge on any atom is 0.150 e. The van der Waals surface area contributed by atoms with E-state index in [-0.39, 0.29) is 0 Å². The summed E-state index contributed by atoms with van der Waals surface area (Å²) in [6.45, 7) is 0. The van der Waals surface area contributed by atoms with Crippen LogP contribution in [0, 0.1) is 12.3 Å². The Labute approximate surface area is 70.8 Å². The van der Waals surface area contributed by atoms with Crippen molar-refractivity contribution in [1.82, 2.24) is 0 Å². The fourth-order valence-electron chi connectivity index (χ4n) is 0.853. The van der Waals surface area contributed by atoms with Crippen LogP contribution in [0.3, 0.4) is 0 Å². The first-order valence-corrected chi connectivity index (χ1v) is 3.47. The summed E-state index contributed by atoms with van der Waals surface area (Å²) in [5, 5.41) is 9.17. The molecule has 0 radical (unpaired) electrons. The molecule has 0 aromatic heterocycles. The van der Waals surface area contributed by atoms with Gasteiger partial charge in [0.25, 0.3) is 0 Å². The van der Waals surface area contributed by atoms with E-state index in [0.717, 1.165) is 6.29 Å². The van der Waals surface area contributed by atoms with Crippen molar-refractivity contribution in [2.24, 2.45) is 0 Å². The van der Waals surface area contributed by atoms with E-state index in [1.807, 2.05) is 0 Å². The first-order chi connectivity index (χ1) is 5.77. The molecule has 1 N–H and O–H groups in total. The maximum atomic E-state index is 10.3. The molecular weight excluding hydrogens is 152 g/mol. The zero-order valence-corrected chi connectivity index (χ0v) is 6.40. The minimum atomic E-state index is -0.884. The van der Waals surface area contributed by atoms with Crippen LogP contribution in [0.25, 0.3) is 0 Å². The summed E-state index contributed by atoms with van der Waals surface area (Å²) in [4.78, 5) is 10.3. The second-order valence-corrected chi connectivity index (χ2v) is 2.35. The van der Waals surface area contributed by atoms with E-state index in [9.17, 15) is 4.79 Å².